The van der Waals surface area contributed by atoms with Crippen LogP contribution >= 0.6 is 0 Å². The number of fused-ring (bicyclic) bond motifs is 1. The zero-order chi connectivity index (χ0) is 17.6. The van der Waals surface area contributed by atoms with Crippen LogP contribution in [0, 0.1) is 11.8 Å². The van der Waals surface area contributed by atoms with Crippen LogP contribution < -0.4 is 5.32 Å². The number of nitrogens with zero attached hydrogens (tertiary/aromatic N) is 2. The minimum Gasteiger partial charge on any atom is -0.341 e. The average Bonchev–Trinajstić information content (AvgIpc) is 3.06. The Bertz CT molecular complexity index is 613. The Morgan fingerprint density at radius 1 is 1.12 bits per heavy atom. The second-order valence-electron chi connectivity index (χ2n) is 7.09. The van der Waals surface area contributed by atoms with Crippen molar-refractivity contribution in [3.8, 4) is 0 Å². The number of benzene rings is 1. The Morgan fingerprint density at radius 2 is 1.76 bits per heavy atom. The quantitative estimate of drug-likeness (QED) is 0.837. The van der Waals surface area contributed by atoms with Crippen LogP contribution in [0.15, 0.2) is 42.5 Å². The third kappa shape index (κ3) is 4.62. The molecule has 1 aliphatic carbocycles. The number of allylic oxidation sites excluding steroid dienone is 2. The van der Waals surface area contributed by atoms with E-state index in [-0.39, 0.29) is 11.9 Å². The molecule has 2 atom stereocenters. The molecule has 0 radical (unpaired) electrons. The number of nitrogens with one attached hydrogen (secondary N) is 1. The summed E-state index contributed by atoms with van der Waals surface area (Å²) in [4.78, 5) is 28.1. The predicted molar refractivity (Wildman–Crippen MR) is 97.9 cm³/mol. The Labute approximate surface area is 149 Å². The summed E-state index contributed by atoms with van der Waals surface area (Å²) >= 11 is 0. The molecule has 1 heterocycles. The molecule has 0 unspecified atom stereocenters. The maximum atomic E-state index is 12.3. The van der Waals surface area contributed by atoms with Crippen molar-refractivity contribution >= 4 is 11.9 Å². The van der Waals surface area contributed by atoms with Crippen molar-refractivity contribution in [2.75, 3.05) is 26.7 Å². The van der Waals surface area contributed by atoms with Gasteiger partial charge in [0.25, 0.3) is 0 Å². The summed E-state index contributed by atoms with van der Waals surface area (Å²) in [6.07, 6.45) is 6.94. The van der Waals surface area contributed by atoms with E-state index < -0.39 is 0 Å². The van der Waals surface area contributed by atoms with E-state index in [4.69, 9.17) is 0 Å². The fourth-order valence-electron chi connectivity index (χ4n) is 3.71. The lowest BCUT2D eigenvalue weighted by Crippen LogP contribution is -2.40. The van der Waals surface area contributed by atoms with Crippen LogP contribution in [0.25, 0.3) is 0 Å². The first-order chi connectivity index (χ1) is 12.1. The van der Waals surface area contributed by atoms with E-state index in [0.29, 0.717) is 31.3 Å². The number of amides is 3. The van der Waals surface area contributed by atoms with E-state index in [1.807, 2.05) is 35.2 Å². The zero-order valence-corrected chi connectivity index (χ0v) is 14.9. The van der Waals surface area contributed by atoms with Crippen molar-refractivity contribution in [2.24, 2.45) is 11.8 Å². The summed E-state index contributed by atoms with van der Waals surface area (Å²) in [6, 6.07) is 9.88. The standard InChI is InChI=1S/C20H27N3O2/c1-22(13-16-7-3-2-4-8-16)19(24)11-12-21-20(25)23-14-17-9-5-6-10-18(17)15-23/h2-8,17-18H,9-15H2,1H3,(H,21,25)/t17-,18-/m1/s1. The van der Waals surface area contributed by atoms with Crippen molar-refractivity contribution < 1.29 is 9.59 Å². The summed E-state index contributed by atoms with van der Waals surface area (Å²) in [5.74, 6) is 1.26. The summed E-state index contributed by atoms with van der Waals surface area (Å²) in [5, 5.41) is 2.90. The molecule has 0 aromatic heterocycles. The number of carbonyl (C=O) groups excluding carboxylic acids is 2. The molecule has 1 fully saturated rings. The minimum atomic E-state index is -0.0343. The van der Waals surface area contributed by atoms with Crippen LogP contribution in [0.1, 0.15) is 24.8 Å². The van der Waals surface area contributed by atoms with Gasteiger partial charge in [-0.25, -0.2) is 4.79 Å². The van der Waals surface area contributed by atoms with E-state index in [9.17, 15) is 9.59 Å². The van der Waals surface area contributed by atoms with Crippen LogP contribution in [0.4, 0.5) is 4.79 Å². The lowest BCUT2D eigenvalue weighted by molar-refractivity contribution is -0.130. The molecule has 3 amide bonds. The van der Waals surface area contributed by atoms with E-state index >= 15 is 0 Å². The number of carbonyl (C=O) groups is 2. The third-order valence-corrected chi connectivity index (χ3v) is 5.21. The molecule has 0 bridgehead atoms. The largest absolute Gasteiger partial charge is 0.341 e. The molecule has 1 N–H and O–H groups in total. The van der Waals surface area contributed by atoms with Crippen LogP contribution in [0.5, 0.6) is 0 Å². The van der Waals surface area contributed by atoms with E-state index in [1.54, 1.807) is 11.9 Å². The summed E-state index contributed by atoms with van der Waals surface area (Å²) < 4.78 is 0. The second kappa shape index (κ2) is 8.19. The van der Waals surface area contributed by atoms with Gasteiger partial charge in [0, 0.05) is 39.6 Å². The van der Waals surface area contributed by atoms with Crippen LogP contribution in [0.2, 0.25) is 0 Å². The molecular formula is C20H27N3O2. The zero-order valence-electron chi connectivity index (χ0n) is 14.9. The summed E-state index contributed by atoms with van der Waals surface area (Å²) in [6.45, 7) is 2.66. The second-order valence-corrected chi connectivity index (χ2v) is 7.09. The number of hydrogen-bond donors (Lipinski definition) is 1. The smallest absolute Gasteiger partial charge is 0.317 e. The monoisotopic (exact) mass is 341 g/mol. The van der Waals surface area contributed by atoms with Crippen molar-refractivity contribution in [1.82, 2.24) is 15.1 Å². The summed E-state index contributed by atoms with van der Waals surface area (Å²) in [5.41, 5.74) is 1.11. The first kappa shape index (κ1) is 17.5. The minimum absolute atomic E-state index is 0.0343. The van der Waals surface area contributed by atoms with Crippen LogP contribution in [-0.4, -0.2) is 48.4 Å². The molecule has 25 heavy (non-hydrogen) atoms. The van der Waals surface area contributed by atoms with Gasteiger partial charge in [-0.1, -0.05) is 42.5 Å². The van der Waals surface area contributed by atoms with Gasteiger partial charge < -0.3 is 15.1 Å². The lowest BCUT2D eigenvalue weighted by Gasteiger charge is -2.19. The Hall–Kier alpha value is -2.30. The topological polar surface area (TPSA) is 52.7 Å². The van der Waals surface area contributed by atoms with Gasteiger partial charge in [0.1, 0.15) is 0 Å². The maximum Gasteiger partial charge on any atom is 0.317 e. The van der Waals surface area contributed by atoms with Crippen LogP contribution in [0.3, 0.4) is 0 Å². The van der Waals surface area contributed by atoms with E-state index in [0.717, 1.165) is 31.5 Å². The van der Waals surface area contributed by atoms with Gasteiger partial charge >= 0.3 is 6.03 Å². The molecule has 1 saturated heterocycles. The van der Waals surface area contributed by atoms with Crippen molar-refractivity contribution in [3.63, 3.8) is 0 Å². The molecule has 1 aromatic carbocycles. The fraction of sp³-hybridized carbons (Fsp3) is 0.500. The van der Waals surface area contributed by atoms with Crippen molar-refractivity contribution in [2.45, 2.75) is 25.8 Å². The Balaban J connectivity index is 1.37. The highest BCUT2D eigenvalue weighted by molar-refractivity contribution is 5.78. The Kier molecular flexibility index (Phi) is 5.74. The van der Waals surface area contributed by atoms with Gasteiger partial charge in [0.05, 0.1) is 0 Å². The highest BCUT2D eigenvalue weighted by Crippen LogP contribution is 2.32. The normalized spacial score (nSPS) is 21.7. The number of hydrogen-bond acceptors (Lipinski definition) is 2. The highest BCUT2D eigenvalue weighted by Gasteiger charge is 2.34. The molecule has 2 aliphatic rings. The molecule has 5 nitrogen and oxygen atoms in total. The number of rotatable bonds is 5. The third-order valence-electron chi connectivity index (χ3n) is 5.21. The number of likely N-dealkylation sites (tertiary alicyclic amines) is 1. The van der Waals surface area contributed by atoms with E-state index in [1.165, 1.54) is 0 Å². The Morgan fingerprint density at radius 3 is 2.40 bits per heavy atom. The molecule has 5 heteroatoms. The van der Waals surface area contributed by atoms with Gasteiger partial charge in [-0.05, 0) is 30.2 Å². The molecule has 134 valence electrons. The van der Waals surface area contributed by atoms with Gasteiger partial charge in [-0.3, -0.25) is 4.79 Å². The first-order valence-electron chi connectivity index (χ1n) is 9.09. The first-order valence-corrected chi connectivity index (χ1v) is 9.09. The van der Waals surface area contributed by atoms with Gasteiger partial charge in [0.15, 0.2) is 0 Å². The van der Waals surface area contributed by atoms with Gasteiger partial charge in [-0.2, -0.15) is 0 Å². The predicted octanol–water partition coefficient (Wildman–Crippen LogP) is 2.64. The lowest BCUT2D eigenvalue weighted by atomic mass is 9.86. The number of urea groups is 1. The highest BCUT2D eigenvalue weighted by atomic mass is 16.2. The van der Waals surface area contributed by atoms with Crippen LogP contribution in [-0.2, 0) is 11.3 Å². The van der Waals surface area contributed by atoms with Crippen molar-refractivity contribution in [1.29, 1.82) is 0 Å². The van der Waals surface area contributed by atoms with Gasteiger partial charge in [0.2, 0.25) is 5.91 Å². The fourth-order valence-corrected chi connectivity index (χ4v) is 3.71. The average molecular weight is 341 g/mol. The van der Waals surface area contributed by atoms with Crippen molar-refractivity contribution in [3.05, 3.63) is 48.0 Å². The maximum absolute atomic E-state index is 12.3. The summed E-state index contributed by atoms with van der Waals surface area (Å²) in [7, 11) is 1.80. The molecule has 0 spiro atoms. The molecule has 0 saturated carbocycles. The SMILES string of the molecule is CN(Cc1ccccc1)C(=O)CCNC(=O)N1C[C@H]2CC=CC[C@@H]2C1. The molecule has 1 aromatic rings. The molecular weight excluding hydrogens is 314 g/mol. The van der Waals surface area contributed by atoms with E-state index in [2.05, 4.69) is 17.5 Å². The molecule has 1 aliphatic heterocycles. The van der Waals surface area contributed by atoms with Gasteiger partial charge in [-0.15, -0.1) is 0 Å². The molecule has 3 rings (SSSR count).